The minimum absolute atomic E-state index is 0.219. The van der Waals surface area contributed by atoms with Gasteiger partial charge in [-0.3, -0.25) is 4.72 Å². The van der Waals surface area contributed by atoms with Crippen LogP contribution < -0.4 is 19.9 Å². The van der Waals surface area contributed by atoms with Crippen molar-refractivity contribution in [3.63, 3.8) is 0 Å². The molecule has 0 atom stereocenters. The molecule has 1 aromatic carbocycles. The van der Waals surface area contributed by atoms with E-state index in [1.165, 1.54) is 7.11 Å². The number of anilines is 1. The number of nitrogens with two attached hydrogens (primary N) is 1. The van der Waals surface area contributed by atoms with E-state index in [2.05, 4.69) is 9.44 Å². The van der Waals surface area contributed by atoms with E-state index in [0.717, 1.165) is 0 Å². The predicted molar refractivity (Wildman–Crippen MR) is 79.7 cm³/mol. The van der Waals surface area contributed by atoms with Crippen molar-refractivity contribution in [3.8, 4) is 5.75 Å². The molecule has 1 aromatic rings. The first kappa shape index (κ1) is 15.7. The highest BCUT2D eigenvalue weighted by Gasteiger charge is 2.13. The van der Waals surface area contributed by atoms with Crippen LogP contribution in [0.4, 0.5) is 5.69 Å². The van der Waals surface area contributed by atoms with Crippen molar-refractivity contribution in [3.05, 3.63) is 23.8 Å². The van der Waals surface area contributed by atoms with Crippen molar-refractivity contribution >= 4 is 33.1 Å². The fraction of sp³-hybridized carbons (Fsp3) is 0.364. The zero-order valence-corrected chi connectivity index (χ0v) is 12.4. The molecule has 0 bridgehead atoms. The summed E-state index contributed by atoms with van der Waals surface area (Å²) in [5.74, 6) is 0.354. The smallest absolute Gasteiger partial charge is 0.299 e. The molecule has 0 aliphatic heterocycles. The molecule has 106 valence electrons. The van der Waals surface area contributed by atoms with Crippen molar-refractivity contribution in [2.45, 2.75) is 13.3 Å². The van der Waals surface area contributed by atoms with Crippen LogP contribution >= 0.6 is 12.2 Å². The second-order valence-electron chi connectivity index (χ2n) is 3.78. The molecular weight excluding hydrogens is 286 g/mol. The Hall–Kier alpha value is -1.38. The van der Waals surface area contributed by atoms with Gasteiger partial charge in [0.05, 0.1) is 12.8 Å². The van der Waals surface area contributed by atoms with Crippen LogP contribution in [0.3, 0.4) is 0 Å². The third-order valence-corrected chi connectivity index (χ3v) is 3.58. The topological polar surface area (TPSA) is 93.5 Å². The van der Waals surface area contributed by atoms with E-state index < -0.39 is 10.2 Å². The SMILES string of the molecule is CCCNS(=O)(=O)Nc1ccc(C(N)=S)cc1OC. The molecule has 0 aliphatic carbocycles. The molecular formula is C11H17N3O3S2. The zero-order chi connectivity index (χ0) is 14.5. The standard InChI is InChI=1S/C11H17N3O3S2/c1-3-6-13-19(15,16)14-9-5-4-8(11(12)18)7-10(9)17-2/h4-5,7,13-14H,3,6H2,1-2H3,(H2,12,18). The summed E-state index contributed by atoms with van der Waals surface area (Å²) in [5, 5.41) is 0. The quantitative estimate of drug-likeness (QED) is 0.653. The Labute approximate surface area is 118 Å². The van der Waals surface area contributed by atoms with Crippen LogP contribution in [-0.4, -0.2) is 27.1 Å². The summed E-state index contributed by atoms with van der Waals surface area (Å²) in [6.45, 7) is 2.24. The number of benzene rings is 1. The molecule has 0 saturated carbocycles. The van der Waals surface area contributed by atoms with Gasteiger partial charge in [0.1, 0.15) is 10.7 Å². The normalized spacial score (nSPS) is 11.1. The zero-order valence-electron chi connectivity index (χ0n) is 10.8. The van der Waals surface area contributed by atoms with E-state index in [1.807, 2.05) is 6.92 Å². The number of thiocarbonyl (C=S) groups is 1. The Bertz CT molecular complexity index is 558. The van der Waals surface area contributed by atoms with Gasteiger partial charge in [-0.05, 0) is 24.6 Å². The molecule has 0 fully saturated rings. The average Bonchev–Trinajstić information content (AvgIpc) is 2.36. The summed E-state index contributed by atoms with van der Waals surface area (Å²) in [7, 11) is -2.17. The van der Waals surface area contributed by atoms with E-state index in [0.29, 0.717) is 30.0 Å². The third kappa shape index (κ3) is 4.66. The maximum Gasteiger partial charge on any atom is 0.299 e. The Kier molecular flexibility index (Phi) is 5.52. The Morgan fingerprint density at radius 1 is 1.47 bits per heavy atom. The molecule has 0 heterocycles. The summed E-state index contributed by atoms with van der Waals surface area (Å²) in [4.78, 5) is 0.219. The fourth-order valence-electron chi connectivity index (χ4n) is 1.35. The highest BCUT2D eigenvalue weighted by atomic mass is 32.2. The first-order valence-electron chi connectivity index (χ1n) is 5.65. The molecule has 0 unspecified atom stereocenters. The van der Waals surface area contributed by atoms with Gasteiger partial charge in [0, 0.05) is 12.1 Å². The first-order chi connectivity index (χ1) is 8.89. The van der Waals surface area contributed by atoms with Crippen molar-refractivity contribution in [2.75, 3.05) is 18.4 Å². The van der Waals surface area contributed by atoms with E-state index in [-0.39, 0.29) is 4.99 Å². The highest BCUT2D eigenvalue weighted by Crippen LogP contribution is 2.26. The van der Waals surface area contributed by atoms with Crippen molar-refractivity contribution in [2.24, 2.45) is 5.73 Å². The van der Waals surface area contributed by atoms with Gasteiger partial charge in [-0.15, -0.1) is 0 Å². The molecule has 0 amide bonds. The van der Waals surface area contributed by atoms with Crippen molar-refractivity contribution < 1.29 is 13.2 Å². The van der Waals surface area contributed by atoms with Crippen LogP contribution in [-0.2, 0) is 10.2 Å². The summed E-state index contributed by atoms with van der Waals surface area (Å²) >= 11 is 4.85. The maximum absolute atomic E-state index is 11.7. The summed E-state index contributed by atoms with van der Waals surface area (Å²) in [6.07, 6.45) is 0.707. The first-order valence-corrected chi connectivity index (χ1v) is 7.54. The van der Waals surface area contributed by atoms with Crippen LogP contribution in [0.1, 0.15) is 18.9 Å². The van der Waals surface area contributed by atoms with Gasteiger partial charge < -0.3 is 10.5 Å². The lowest BCUT2D eigenvalue weighted by Gasteiger charge is -2.13. The lowest BCUT2D eigenvalue weighted by Crippen LogP contribution is -2.30. The van der Waals surface area contributed by atoms with Gasteiger partial charge in [0.15, 0.2) is 0 Å². The minimum Gasteiger partial charge on any atom is -0.495 e. The van der Waals surface area contributed by atoms with E-state index in [9.17, 15) is 8.42 Å². The Morgan fingerprint density at radius 2 is 2.16 bits per heavy atom. The Morgan fingerprint density at radius 3 is 2.68 bits per heavy atom. The van der Waals surface area contributed by atoms with E-state index in [1.54, 1.807) is 18.2 Å². The molecule has 6 nitrogen and oxygen atoms in total. The molecule has 1 rings (SSSR count). The van der Waals surface area contributed by atoms with Crippen LogP contribution in [0.2, 0.25) is 0 Å². The monoisotopic (exact) mass is 303 g/mol. The fourth-order valence-corrected chi connectivity index (χ4v) is 2.48. The van der Waals surface area contributed by atoms with Crippen molar-refractivity contribution in [1.82, 2.24) is 4.72 Å². The number of hydrogen-bond donors (Lipinski definition) is 3. The molecule has 0 aromatic heterocycles. The number of nitrogens with one attached hydrogen (secondary N) is 2. The third-order valence-electron chi connectivity index (χ3n) is 2.27. The number of ether oxygens (including phenoxy) is 1. The summed E-state index contributed by atoms with van der Waals surface area (Å²) < 4.78 is 33.3. The molecule has 0 aliphatic rings. The van der Waals surface area contributed by atoms with Gasteiger partial charge in [0.25, 0.3) is 10.2 Å². The van der Waals surface area contributed by atoms with E-state index in [4.69, 9.17) is 22.7 Å². The molecule has 4 N–H and O–H groups in total. The number of hydrogen-bond acceptors (Lipinski definition) is 4. The lowest BCUT2D eigenvalue weighted by atomic mass is 10.2. The molecule has 8 heteroatoms. The van der Waals surface area contributed by atoms with Crippen LogP contribution in [0.25, 0.3) is 0 Å². The number of methoxy groups -OCH3 is 1. The lowest BCUT2D eigenvalue weighted by molar-refractivity contribution is 0.417. The molecule has 0 saturated heterocycles. The van der Waals surface area contributed by atoms with E-state index >= 15 is 0 Å². The van der Waals surface area contributed by atoms with Gasteiger partial charge in [-0.25, -0.2) is 0 Å². The van der Waals surface area contributed by atoms with Gasteiger partial charge >= 0.3 is 0 Å². The molecule has 0 spiro atoms. The van der Waals surface area contributed by atoms with Crippen molar-refractivity contribution in [1.29, 1.82) is 0 Å². The second kappa shape index (κ2) is 6.69. The summed E-state index contributed by atoms with van der Waals surface area (Å²) in [5.41, 5.74) is 6.44. The highest BCUT2D eigenvalue weighted by molar-refractivity contribution is 7.90. The molecule has 19 heavy (non-hydrogen) atoms. The van der Waals surface area contributed by atoms with Gasteiger partial charge in [-0.2, -0.15) is 13.1 Å². The summed E-state index contributed by atoms with van der Waals surface area (Å²) in [6, 6.07) is 4.76. The van der Waals surface area contributed by atoms with Gasteiger partial charge in [0.2, 0.25) is 0 Å². The van der Waals surface area contributed by atoms with Crippen LogP contribution in [0.5, 0.6) is 5.75 Å². The number of rotatable bonds is 7. The second-order valence-corrected chi connectivity index (χ2v) is 5.72. The van der Waals surface area contributed by atoms with Gasteiger partial charge in [-0.1, -0.05) is 19.1 Å². The predicted octanol–water partition coefficient (Wildman–Crippen LogP) is 0.986. The van der Waals surface area contributed by atoms with Crippen LogP contribution in [0, 0.1) is 0 Å². The minimum atomic E-state index is -3.61. The van der Waals surface area contributed by atoms with Crippen LogP contribution in [0.15, 0.2) is 18.2 Å². The Balaban J connectivity index is 2.98. The maximum atomic E-state index is 11.7. The average molecular weight is 303 g/mol. The molecule has 0 radical (unpaired) electrons. The largest absolute Gasteiger partial charge is 0.495 e.